The number of urea groups is 1. The topological polar surface area (TPSA) is 100 Å². The summed E-state index contributed by atoms with van der Waals surface area (Å²) in [6.07, 6.45) is 1.53. The molecule has 0 aromatic carbocycles. The van der Waals surface area contributed by atoms with E-state index >= 15 is 0 Å². The minimum absolute atomic E-state index is 0.188. The molecule has 0 aliphatic carbocycles. The molecule has 0 bridgehead atoms. The number of carboxylic acids is 1. The maximum Gasteiger partial charge on any atom is 0.327 e. The first-order valence-corrected chi connectivity index (χ1v) is 6.43. The maximum absolute atomic E-state index is 11.8. The van der Waals surface area contributed by atoms with Gasteiger partial charge in [-0.15, -0.1) is 11.8 Å². The number of hydrogen-bond acceptors (Lipinski definition) is 5. The smallest absolute Gasteiger partial charge is 0.327 e. The van der Waals surface area contributed by atoms with Crippen LogP contribution in [-0.2, 0) is 18.4 Å². The Balaban J connectivity index is 1.89. The summed E-state index contributed by atoms with van der Waals surface area (Å²) in [7, 11) is 1.73. The number of aromatic nitrogens is 3. The highest BCUT2D eigenvalue weighted by molar-refractivity contribution is 7.99. The van der Waals surface area contributed by atoms with Crippen LogP contribution < -0.4 is 5.32 Å². The first kappa shape index (κ1) is 12.7. The number of thioether (sulfide) groups is 1. The van der Waals surface area contributed by atoms with Gasteiger partial charge in [-0.05, 0) is 0 Å². The van der Waals surface area contributed by atoms with Gasteiger partial charge in [0, 0.05) is 12.8 Å². The fourth-order valence-electron chi connectivity index (χ4n) is 1.57. The SMILES string of the molecule is Cn1cnc(CNC(=O)N2CSCC2C(=O)O)n1. The summed E-state index contributed by atoms with van der Waals surface area (Å²) in [4.78, 5) is 28.0. The van der Waals surface area contributed by atoms with Crippen molar-refractivity contribution in [1.82, 2.24) is 25.0 Å². The van der Waals surface area contributed by atoms with E-state index in [0.717, 1.165) is 0 Å². The number of carbonyl (C=O) groups excluding carboxylic acids is 1. The van der Waals surface area contributed by atoms with E-state index in [4.69, 9.17) is 5.11 Å². The molecule has 1 fully saturated rings. The summed E-state index contributed by atoms with van der Waals surface area (Å²) >= 11 is 1.42. The third-order valence-corrected chi connectivity index (χ3v) is 3.49. The zero-order valence-corrected chi connectivity index (χ0v) is 10.6. The number of rotatable bonds is 3. The van der Waals surface area contributed by atoms with Crippen molar-refractivity contribution >= 4 is 23.8 Å². The Morgan fingerprint density at radius 3 is 3.06 bits per heavy atom. The second-order valence-corrected chi connectivity index (χ2v) is 4.82. The molecular formula is C9H13N5O3S. The number of hydrogen-bond donors (Lipinski definition) is 2. The average Bonchev–Trinajstić information content (AvgIpc) is 2.94. The molecule has 1 atom stereocenters. The number of carboxylic acid groups (broad SMARTS) is 1. The fourth-order valence-corrected chi connectivity index (χ4v) is 2.71. The molecule has 1 aliphatic rings. The lowest BCUT2D eigenvalue weighted by Gasteiger charge is -2.20. The van der Waals surface area contributed by atoms with Gasteiger partial charge < -0.3 is 15.3 Å². The largest absolute Gasteiger partial charge is 0.480 e. The third kappa shape index (κ3) is 2.73. The number of carbonyl (C=O) groups is 2. The molecule has 2 rings (SSSR count). The van der Waals surface area contributed by atoms with Crippen molar-refractivity contribution in [3.05, 3.63) is 12.2 Å². The monoisotopic (exact) mass is 271 g/mol. The molecule has 0 saturated carbocycles. The standard InChI is InChI=1S/C9H13N5O3S/c1-13-4-11-7(12-13)2-10-9(17)14-5-18-3-6(14)8(15)16/h4,6H,2-3,5H2,1H3,(H,10,17)(H,15,16). The molecule has 2 amide bonds. The van der Waals surface area contributed by atoms with Crippen LogP contribution in [0.1, 0.15) is 5.82 Å². The summed E-state index contributed by atoms with van der Waals surface area (Å²) in [6, 6.07) is -1.16. The lowest BCUT2D eigenvalue weighted by Crippen LogP contribution is -2.46. The minimum Gasteiger partial charge on any atom is -0.480 e. The molecule has 1 saturated heterocycles. The van der Waals surface area contributed by atoms with Crippen molar-refractivity contribution in [2.75, 3.05) is 11.6 Å². The van der Waals surface area contributed by atoms with Gasteiger partial charge in [0.1, 0.15) is 12.4 Å². The van der Waals surface area contributed by atoms with Crippen LogP contribution in [0.15, 0.2) is 6.33 Å². The summed E-state index contributed by atoms with van der Waals surface area (Å²) in [5.74, 6) is 0.318. The van der Waals surface area contributed by atoms with Crippen molar-refractivity contribution in [2.45, 2.75) is 12.6 Å². The lowest BCUT2D eigenvalue weighted by molar-refractivity contribution is -0.140. The van der Waals surface area contributed by atoms with Crippen LogP contribution in [0, 0.1) is 0 Å². The van der Waals surface area contributed by atoms with Crippen molar-refractivity contribution in [1.29, 1.82) is 0 Å². The highest BCUT2D eigenvalue weighted by Crippen LogP contribution is 2.20. The fraction of sp³-hybridized carbons (Fsp3) is 0.556. The maximum atomic E-state index is 11.8. The molecule has 1 aromatic rings. The normalized spacial score (nSPS) is 18.9. The van der Waals surface area contributed by atoms with Gasteiger partial charge in [0.2, 0.25) is 0 Å². The molecular weight excluding hydrogens is 258 g/mol. The average molecular weight is 271 g/mol. The van der Waals surface area contributed by atoms with Crippen molar-refractivity contribution < 1.29 is 14.7 Å². The number of aliphatic carboxylic acids is 1. The molecule has 2 N–H and O–H groups in total. The van der Waals surface area contributed by atoms with Crippen molar-refractivity contribution in [2.24, 2.45) is 7.05 Å². The summed E-state index contributed by atoms with van der Waals surface area (Å²) in [5.41, 5.74) is 0. The molecule has 2 heterocycles. The van der Waals surface area contributed by atoms with Gasteiger partial charge in [-0.3, -0.25) is 4.68 Å². The molecule has 98 valence electrons. The van der Waals surface area contributed by atoms with Gasteiger partial charge in [-0.1, -0.05) is 0 Å². The van der Waals surface area contributed by atoms with E-state index in [0.29, 0.717) is 17.5 Å². The first-order chi connectivity index (χ1) is 8.58. The van der Waals surface area contributed by atoms with Gasteiger partial charge in [-0.2, -0.15) is 5.10 Å². The Morgan fingerprint density at radius 1 is 1.67 bits per heavy atom. The number of nitrogens with zero attached hydrogens (tertiary/aromatic N) is 4. The molecule has 1 unspecified atom stereocenters. The van der Waals surface area contributed by atoms with E-state index in [1.54, 1.807) is 7.05 Å². The van der Waals surface area contributed by atoms with Crippen LogP contribution in [0.5, 0.6) is 0 Å². The van der Waals surface area contributed by atoms with Crippen LogP contribution in [0.25, 0.3) is 0 Å². The Hall–Kier alpha value is -1.77. The molecule has 1 aliphatic heterocycles. The number of aryl methyl sites for hydroxylation is 1. The van der Waals surface area contributed by atoms with Gasteiger partial charge in [0.25, 0.3) is 0 Å². The van der Waals surface area contributed by atoms with Crippen LogP contribution >= 0.6 is 11.8 Å². The van der Waals surface area contributed by atoms with E-state index in [2.05, 4.69) is 15.4 Å². The van der Waals surface area contributed by atoms with Gasteiger partial charge in [0.05, 0.1) is 12.4 Å². The van der Waals surface area contributed by atoms with E-state index in [-0.39, 0.29) is 6.54 Å². The molecule has 1 aromatic heterocycles. The zero-order valence-electron chi connectivity index (χ0n) is 9.74. The van der Waals surface area contributed by atoms with E-state index in [1.165, 1.54) is 27.7 Å². The Labute approximate surface area is 107 Å². The Morgan fingerprint density at radius 2 is 2.44 bits per heavy atom. The summed E-state index contributed by atoms with van der Waals surface area (Å²) in [5, 5.41) is 15.6. The highest BCUT2D eigenvalue weighted by Gasteiger charge is 2.34. The van der Waals surface area contributed by atoms with Gasteiger partial charge in [-0.25, -0.2) is 14.6 Å². The summed E-state index contributed by atoms with van der Waals surface area (Å²) < 4.78 is 1.53. The van der Waals surface area contributed by atoms with Crippen LogP contribution in [0.3, 0.4) is 0 Å². The van der Waals surface area contributed by atoms with Crippen molar-refractivity contribution in [3.63, 3.8) is 0 Å². The summed E-state index contributed by atoms with van der Waals surface area (Å²) in [6.45, 7) is 0.188. The Kier molecular flexibility index (Phi) is 3.70. The molecule has 18 heavy (non-hydrogen) atoms. The van der Waals surface area contributed by atoms with E-state index < -0.39 is 18.0 Å². The van der Waals surface area contributed by atoms with Crippen LogP contribution in [0.4, 0.5) is 4.79 Å². The van der Waals surface area contributed by atoms with E-state index in [9.17, 15) is 9.59 Å². The predicted molar refractivity (Wildman–Crippen MR) is 63.8 cm³/mol. The van der Waals surface area contributed by atoms with Crippen LogP contribution in [-0.4, -0.2) is 54.4 Å². The lowest BCUT2D eigenvalue weighted by atomic mass is 10.3. The number of amides is 2. The van der Waals surface area contributed by atoms with Crippen LogP contribution in [0.2, 0.25) is 0 Å². The zero-order chi connectivity index (χ0) is 13.1. The second-order valence-electron chi connectivity index (χ2n) is 3.82. The third-order valence-electron chi connectivity index (χ3n) is 2.47. The van der Waals surface area contributed by atoms with E-state index in [1.807, 2.05) is 0 Å². The molecule has 0 spiro atoms. The molecule has 8 nitrogen and oxygen atoms in total. The Bertz CT molecular complexity index is 463. The predicted octanol–water partition coefficient (Wildman–Crippen LogP) is -0.516. The van der Waals surface area contributed by atoms with Gasteiger partial charge >= 0.3 is 12.0 Å². The highest BCUT2D eigenvalue weighted by atomic mass is 32.2. The van der Waals surface area contributed by atoms with Crippen molar-refractivity contribution in [3.8, 4) is 0 Å². The number of nitrogens with one attached hydrogen (secondary N) is 1. The minimum atomic E-state index is -0.980. The second kappa shape index (κ2) is 5.25. The quantitative estimate of drug-likeness (QED) is 0.767. The molecule has 0 radical (unpaired) electrons. The molecule has 9 heteroatoms. The van der Waals surface area contributed by atoms with Gasteiger partial charge in [0.15, 0.2) is 5.82 Å². The first-order valence-electron chi connectivity index (χ1n) is 5.27.